The molecular formula is C25H34O2. The molecule has 1 aromatic carbocycles. The Hall–Kier alpha value is -3.00. The van der Waals surface area contributed by atoms with Crippen LogP contribution in [-0.4, -0.2) is 10.2 Å². The van der Waals surface area contributed by atoms with E-state index in [9.17, 15) is 5.11 Å². The summed E-state index contributed by atoms with van der Waals surface area (Å²) in [7, 11) is 0. The zero-order valence-electron chi connectivity index (χ0n) is 17.0. The fourth-order valence-corrected chi connectivity index (χ4v) is 1.57. The standard InChI is InChI=1S/C18H18O.C4H10.C3H6O/c1-5-7-11-14(3)15(4)18(19)17(6-2)16-12-9-8-10-13-16;1-3-4-2;1-3(2)4/h5-13,19H,1-4H2;3-4H2,1-2H3;4H,1H2,2H3/b11-7-,18-17-;;. The Kier molecular flexibility index (Phi) is 16.0. The van der Waals surface area contributed by atoms with Crippen LogP contribution in [0.2, 0.25) is 0 Å². The number of aliphatic hydroxyl groups is 2. The Labute approximate surface area is 165 Å². The van der Waals surface area contributed by atoms with E-state index in [1.165, 1.54) is 19.8 Å². The summed E-state index contributed by atoms with van der Waals surface area (Å²) < 4.78 is 0. The summed E-state index contributed by atoms with van der Waals surface area (Å²) >= 11 is 0. The van der Waals surface area contributed by atoms with Crippen molar-refractivity contribution in [2.75, 3.05) is 0 Å². The van der Waals surface area contributed by atoms with Gasteiger partial charge in [-0.2, -0.15) is 0 Å². The van der Waals surface area contributed by atoms with E-state index < -0.39 is 0 Å². The van der Waals surface area contributed by atoms with Crippen molar-refractivity contribution in [2.24, 2.45) is 0 Å². The van der Waals surface area contributed by atoms with Gasteiger partial charge in [-0.25, -0.2) is 0 Å². The SMILES string of the molecule is C=C(C)O.C=C/C=C\C(=C)C(=C)/C(O)=C(\C=C)c1ccccc1.CCCC. The molecule has 1 aromatic rings. The smallest absolute Gasteiger partial charge is 0.130 e. The third kappa shape index (κ3) is 12.9. The zero-order valence-corrected chi connectivity index (χ0v) is 17.0. The first-order valence-corrected chi connectivity index (χ1v) is 8.89. The Bertz CT molecular complexity index is 668. The van der Waals surface area contributed by atoms with Crippen LogP contribution in [0.3, 0.4) is 0 Å². The van der Waals surface area contributed by atoms with Crippen molar-refractivity contribution < 1.29 is 10.2 Å². The normalized spacial score (nSPS) is 10.3. The van der Waals surface area contributed by atoms with E-state index in [-0.39, 0.29) is 11.5 Å². The molecule has 0 bridgehead atoms. The lowest BCUT2D eigenvalue weighted by atomic mass is 9.98. The van der Waals surface area contributed by atoms with Gasteiger partial charge in [-0.15, -0.1) is 0 Å². The number of allylic oxidation sites excluding steroid dienone is 7. The quantitative estimate of drug-likeness (QED) is 0.380. The van der Waals surface area contributed by atoms with Crippen LogP contribution >= 0.6 is 0 Å². The molecule has 0 aliphatic carbocycles. The summed E-state index contributed by atoms with van der Waals surface area (Å²) in [4.78, 5) is 0. The maximum atomic E-state index is 10.3. The first-order valence-electron chi connectivity index (χ1n) is 8.89. The summed E-state index contributed by atoms with van der Waals surface area (Å²) in [6.07, 6.45) is 9.39. The highest BCUT2D eigenvalue weighted by Gasteiger charge is 2.09. The van der Waals surface area contributed by atoms with Crippen LogP contribution in [0.15, 0.2) is 110 Å². The van der Waals surface area contributed by atoms with Crippen LogP contribution in [0.4, 0.5) is 0 Å². The molecule has 0 saturated heterocycles. The van der Waals surface area contributed by atoms with Gasteiger partial charge < -0.3 is 10.2 Å². The fourth-order valence-electron chi connectivity index (χ4n) is 1.57. The zero-order chi connectivity index (χ0) is 21.2. The second-order valence-corrected chi connectivity index (χ2v) is 5.67. The fraction of sp³-hybridized carbons (Fsp3) is 0.200. The number of rotatable bonds is 7. The van der Waals surface area contributed by atoms with Crippen molar-refractivity contribution in [3.63, 3.8) is 0 Å². The molecular weight excluding hydrogens is 332 g/mol. The lowest BCUT2D eigenvalue weighted by Gasteiger charge is -2.10. The summed E-state index contributed by atoms with van der Waals surface area (Å²) in [6.45, 7) is 24.0. The summed E-state index contributed by atoms with van der Waals surface area (Å²) in [6, 6.07) is 9.54. The van der Waals surface area contributed by atoms with Gasteiger partial charge in [-0.3, -0.25) is 0 Å². The van der Waals surface area contributed by atoms with Gasteiger partial charge in [0.05, 0.1) is 5.76 Å². The van der Waals surface area contributed by atoms with Crippen LogP contribution in [0.25, 0.3) is 5.57 Å². The minimum atomic E-state index is 0.0833. The third-order valence-electron chi connectivity index (χ3n) is 3.15. The first-order chi connectivity index (χ1) is 12.8. The average molecular weight is 367 g/mol. The highest BCUT2D eigenvalue weighted by atomic mass is 16.3. The van der Waals surface area contributed by atoms with Gasteiger partial charge in [0.2, 0.25) is 0 Å². The first kappa shape index (κ1) is 26.2. The molecule has 2 nitrogen and oxygen atoms in total. The molecule has 27 heavy (non-hydrogen) atoms. The Morgan fingerprint density at radius 1 is 0.963 bits per heavy atom. The largest absolute Gasteiger partial charge is 0.513 e. The molecule has 1 rings (SSSR count). The highest BCUT2D eigenvalue weighted by molar-refractivity contribution is 5.79. The van der Waals surface area contributed by atoms with Gasteiger partial charge in [0.25, 0.3) is 0 Å². The molecule has 0 fully saturated rings. The van der Waals surface area contributed by atoms with Crippen molar-refractivity contribution in [1.82, 2.24) is 0 Å². The van der Waals surface area contributed by atoms with E-state index in [2.05, 4.69) is 46.7 Å². The van der Waals surface area contributed by atoms with E-state index in [1.54, 1.807) is 24.3 Å². The summed E-state index contributed by atoms with van der Waals surface area (Å²) in [5.74, 6) is 0.250. The second-order valence-electron chi connectivity index (χ2n) is 5.67. The maximum absolute atomic E-state index is 10.3. The van der Waals surface area contributed by atoms with Gasteiger partial charge in [0.1, 0.15) is 5.76 Å². The van der Waals surface area contributed by atoms with Crippen LogP contribution in [-0.2, 0) is 0 Å². The molecule has 0 aliphatic heterocycles. The van der Waals surface area contributed by atoms with Crippen LogP contribution in [0.5, 0.6) is 0 Å². The molecule has 0 aromatic heterocycles. The Morgan fingerprint density at radius 2 is 1.44 bits per heavy atom. The minimum absolute atomic E-state index is 0.0833. The molecule has 0 spiro atoms. The topological polar surface area (TPSA) is 40.5 Å². The molecule has 146 valence electrons. The maximum Gasteiger partial charge on any atom is 0.130 e. The third-order valence-corrected chi connectivity index (χ3v) is 3.15. The van der Waals surface area contributed by atoms with Crippen molar-refractivity contribution in [3.8, 4) is 0 Å². The molecule has 0 amide bonds. The predicted octanol–water partition coefficient (Wildman–Crippen LogP) is 7.88. The molecule has 2 N–H and O–H groups in total. The number of unbranched alkanes of at least 4 members (excludes halogenated alkanes) is 1. The van der Waals surface area contributed by atoms with Crippen LogP contribution < -0.4 is 0 Å². The molecule has 0 saturated carbocycles. The number of benzene rings is 1. The Morgan fingerprint density at radius 3 is 1.81 bits per heavy atom. The number of hydrogen-bond donors (Lipinski definition) is 2. The van der Waals surface area contributed by atoms with Crippen LogP contribution in [0.1, 0.15) is 39.2 Å². The van der Waals surface area contributed by atoms with Crippen molar-refractivity contribution in [1.29, 1.82) is 0 Å². The van der Waals surface area contributed by atoms with Gasteiger partial charge in [-0.05, 0) is 18.1 Å². The predicted molar refractivity (Wildman–Crippen MR) is 122 cm³/mol. The Balaban J connectivity index is 0. The number of aliphatic hydroxyl groups excluding tert-OH is 2. The molecule has 2 heteroatoms. The van der Waals surface area contributed by atoms with Crippen LogP contribution in [0, 0.1) is 0 Å². The number of hydrogen-bond acceptors (Lipinski definition) is 2. The van der Waals surface area contributed by atoms with Gasteiger partial charge in [-0.1, -0.05) is 114 Å². The average Bonchev–Trinajstić information content (AvgIpc) is 2.66. The van der Waals surface area contributed by atoms with E-state index in [1.807, 2.05) is 30.3 Å². The monoisotopic (exact) mass is 366 g/mol. The van der Waals surface area contributed by atoms with E-state index in [0.717, 1.165) is 5.56 Å². The minimum Gasteiger partial charge on any atom is -0.513 e. The highest BCUT2D eigenvalue weighted by Crippen LogP contribution is 2.25. The van der Waals surface area contributed by atoms with Gasteiger partial charge >= 0.3 is 0 Å². The molecule has 0 radical (unpaired) electrons. The van der Waals surface area contributed by atoms with Crippen molar-refractivity contribution in [3.05, 3.63) is 116 Å². The van der Waals surface area contributed by atoms with Crippen molar-refractivity contribution >= 4 is 5.57 Å². The molecule has 0 unspecified atom stereocenters. The molecule has 0 heterocycles. The lowest BCUT2D eigenvalue weighted by Crippen LogP contribution is -1.94. The summed E-state index contributed by atoms with van der Waals surface area (Å²) in [5.41, 5.74) is 2.62. The van der Waals surface area contributed by atoms with E-state index in [4.69, 9.17) is 5.11 Å². The van der Waals surface area contributed by atoms with Gasteiger partial charge in [0, 0.05) is 11.1 Å². The molecule has 0 aliphatic rings. The van der Waals surface area contributed by atoms with Gasteiger partial charge in [0.15, 0.2) is 0 Å². The molecule has 0 atom stereocenters. The summed E-state index contributed by atoms with van der Waals surface area (Å²) in [5, 5.41) is 18.2. The second kappa shape index (κ2) is 16.5. The van der Waals surface area contributed by atoms with E-state index in [0.29, 0.717) is 16.7 Å². The van der Waals surface area contributed by atoms with Crippen molar-refractivity contribution in [2.45, 2.75) is 33.6 Å². The van der Waals surface area contributed by atoms with E-state index >= 15 is 0 Å². The lowest BCUT2D eigenvalue weighted by molar-refractivity contribution is 0.417.